The van der Waals surface area contributed by atoms with E-state index in [-0.39, 0.29) is 24.6 Å². The summed E-state index contributed by atoms with van der Waals surface area (Å²) >= 11 is 0. The topological polar surface area (TPSA) is 115 Å². The van der Waals surface area contributed by atoms with Crippen LogP contribution in [0.15, 0.2) is 15.7 Å². The maximum atomic E-state index is 11.9. The van der Waals surface area contributed by atoms with Gasteiger partial charge in [0.1, 0.15) is 0 Å². The molecule has 0 unspecified atom stereocenters. The number of nitrogens with one attached hydrogen (secondary N) is 3. The minimum atomic E-state index is -0.631. The van der Waals surface area contributed by atoms with E-state index in [1.165, 1.54) is 6.07 Å². The average Bonchev–Trinajstić information content (AvgIpc) is 2.76. The predicted molar refractivity (Wildman–Crippen MR) is 67.8 cm³/mol. The number of amides is 1. The molecule has 7 nitrogen and oxygen atoms in total. The summed E-state index contributed by atoms with van der Waals surface area (Å²) in [5.74, 6) is -0.308. The van der Waals surface area contributed by atoms with E-state index in [2.05, 4.69) is 10.3 Å². The van der Waals surface area contributed by atoms with Crippen molar-refractivity contribution in [1.29, 1.82) is 0 Å². The van der Waals surface area contributed by atoms with Crippen molar-refractivity contribution in [2.45, 2.75) is 37.6 Å². The zero-order valence-corrected chi connectivity index (χ0v) is 10.5. The number of carbonyl (C=O) groups is 1. The molecule has 0 bridgehead atoms. The standard InChI is InChI=1S/C12H17N3O4/c16-7-12(3-1-2-4-12)15-10(18)6-8-5-9(17)14-11(19)13-8/h5,16H,1-4,6-7H2,(H,15,18)(H2,13,14,17,19). The number of carbonyl (C=O) groups excluding carboxylic acids is 1. The summed E-state index contributed by atoms with van der Waals surface area (Å²) in [6.45, 7) is -0.0926. The van der Waals surface area contributed by atoms with E-state index in [0.717, 1.165) is 25.7 Å². The Morgan fingerprint density at radius 1 is 1.32 bits per heavy atom. The minimum Gasteiger partial charge on any atom is -0.394 e. The molecule has 1 heterocycles. The number of aromatic nitrogens is 2. The Hall–Kier alpha value is -1.89. The minimum absolute atomic E-state index is 0.0824. The molecule has 1 aromatic rings. The van der Waals surface area contributed by atoms with E-state index in [9.17, 15) is 19.5 Å². The van der Waals surface area contributed by atoms with Gasteiger partial charge in [-0.15, -0.1) is 0 Å². The van der Waals surface area contributed by atoms with Gasteiger partial charge in [0.15, 0.2) is 0 Å². The number of aromatic amines is 2. The lowest BCUT2D eigenvalue weighted by Gasteiger charge is -2.27. The highest BCUT2D eigenvalue weighted by Gasteiger charge is 2.34. The molecule has 0 radical (unpaired) electrons. The molecule has 1 saturated carbocycles. The van der Waals surface area contributed by atoms with E-state index in [4.69, 9.17) is 0 Å². The molecule has 1 aliphatic rings. The molecule has 0 aliphatic heterocycles. The molecule has 2 rings (SSSR count). The SMILES string of the molecule is O=C(Cc1cc(=O)[nH]c(=O)[nH]1)NC1(CO)CCCC1. The van der Waals surface area contributed by atoms with Crippen LogP contribution in [0.4, 0.5) is 0 Å². The molecule has 4 N–H and O–H groups in total. The van der Waals surface area contributed by atoms with Crippen LogP contribution in [0.2, 0.25) is 0 Å². The first-order chi connectivity index (χ1) is 9.03. The fourth-order valence-electron chi connectivity index (χ4n) is 2.50. The lowest BCUT2D eigenvalue weighted by molar-refractivity contribution is -0.123. The fraction of sp³-hybridized carbons (Fsp3) is 0.583. The molecule has 0 saturated heterocycles. The summed E-state index contributed by atoms with van der Waals surface area (Å²) < 4.78 is 0. The van der Waals surface area contributed by atoms with Crippen molar-refractivity contribution < 1.29 is 9.90 Å². The molecule has 1 amide bonds. The lowest BCUT2D eigenvalue weighted by atomic mass is 9.98. The Labute approximate surface area is 109 Å². The largest absolute Gasteiger partial charge is 0.394 e. The van der Waals surface area contributed by atoms with E-state index in [1.807, 2.05) is 4.98 Å². The summed E-state index contributed by atoms with van der Waals surface area (Å²) in [5, 5.41) is 12.2. The number of aliphatic hydroxyl groups excluding tert-OH is 1. The van der Waals surface area contributed by atoms with Crippen LogP contribution in [0.5, 0.6) is 0 Å². The summed E-state index contributed by atoms with van der Waals surface area (Å²) in [7, 11) is 0. The normalized spacial score (nSPS) is 17.3. The van der Waals surface area contributed by atoms with Crippen LogP contribution in [0.3, 0.4) is 0 Å². The van der Waals surface area contributed by atoms with Crippen molar-refractivity contribution >= 4 is 5.91 Å². The highest BCUT2D eigenvalue weighted by Crippen LogP contribution is 2.29. The second kappa shape index (κ2) is 5.40. The van der Waals surface area contributed by atoms with Gasteiger partial charge in [0.05, 0.1) is 18.6 Å². The second-order valence-corrected chi connectivity index (χ2v) is 4.98. The highest BCUT2D eigenvalue weighted by molar-refractivity contribution is 5.79. The van der Waals surface area contributed by atoms with Crippen molar-refractivity contribution in [2.75, 3.05) is 6.61 Å². The summed E-state index contributed by atoms with van der Waals surface area (Å²) in [6.07, 6.45) is 3.37. The number of hydrogen-bond donors (Lipinski definition) is 4. The van der Waals surface area contributed by atoms with Gasteiger partial charge in [-0.1, -0.05) is 12.8 Å². The van der Waals surface area contributed by atoms with Gasteiger partial charge < -0.3 is 15.4 Å². The maximum absolute atomic E-state index is 11.9. The van der Waals surface area contributed by atoms with Crippen LogP contribution in [0, 0.1) is 0 Å². The Morgan fingerprint density at radius 3 is 2.58 bits per heavy atom. The zero-order valence-electron chi connectivity index (χ0n) is 10.5. The number of aliphatic hydroxyl groups is 1. The molecule has 0 spiro atoms. The molecular formula is C12H17N3O4. The third-order valence-electron chi connectivity index (χ3n) is 3.44. The Balaban J connectivity index is 2.05. The van der Waals surface area contributed by atoms with E-state index >= 15 is 0 Å². The van der Waals surface area contributed by atoms with Crippen LogP contribution >= 0.6 is 0 Å². The summed E-state index contributed by atoms with van der Waals surface area (Å²) in [4.78, 5) is 38.5. The quantitative estimate of drug-likeness (QED) is 0.561. The van der Waals surface area contributed by atoms with Crippen molar-refractivity contribution in [3.05, 3.63) is 32.6 Å². The van der Waals surface area contributed by atoms with Gasteiger partial charge in [-0.05, 0) is 12.8 Å². The van der Waals surface area contributed by atoms with Crippen molar-refractivity contribution in [2.24, 2.45) is 0 Å². The van der Waals surface area contributed by atoms with Gasteiger partial charge in [0.2, 0.25) is 5.91 Å². The van der Waals surface area contributed by atoms with Gasteiger partial charge in [-0.2, -0.15) is 0 Å². The molecular weight excluding hydrogens is 250 g/mol. The maximum Gasteiger partial charge on any atom is 0.325 e. The van der Waals surface area contributed by atoms with E-state index in [1.54, 1.807) is 0 Å². The average molecular weight is 267 g/mol. The molecule has 7 heteroatoms. The monoisotopic (exact) mass is 267 g/mol. The fourth-order valence-corrected chi connectivity index (χ4v) is 2.50. The molecule has 1 aliphatic carbocycles. The van der Waals surface area contributed by atoms with Crippen LogP contribution in [0.1, 0.15) is 31.4 Å². The predicted octanol–water partition coefficient (Wildman–Crippen LogP) is -0.973. The zero-order chi connectivity index (χ0) is 13.9. The first kappa shape index (κ1) is 13.5. The van der Waals surface area contributed by atoms with Crippen LogP contribution in [-0.2, 0) is 11.2 Å². The second-order valence-electron chi connectivity index (χ2n) is 4.98. The Morgan fingerprint density at radius 2 is 2.00 bits per heavy atom. The third-order valence-corrected chi connectivity index (χ3v) is 3.44. The molecule has 19 heavy (non-hydrogen) atoms. The Kier molecular flexibility index (Phi) is 3.84. The van der Waals surface area contributed by atoms with Crippen LogP contribution in [0.25, 0.3) is 0 Å². The number of hydrogen-bond acceptors (Lipinski definition) is 4. The molecule has 0 aromatic carbocycles. The van der Waals surface area contributed by atoms with Crippen molar-refractivity contribution in [3.63, 3.8) is 0 Å². The summed E-state index contributed by atoms with van der Waals surface area (Å²) in [5.41, 5.74) is -1.45. The van der Waals surface area contributed by atoms with Gasteiger partial charge >= 0.3 is 5.69 Å². The molecule has 1 aromatic heterocycles. The molecule has 104 valence electrons. The van der Waals surface area contributed by atoms with Crippen molar-refractivity contribution in [1.82, 2.24) is 15.3 Å². The smallest absolute Gasteiger partial charge is 0.325 e. The van der Waals surface area contributed by atoms with Crippen LogP contribution < -0.4 is 16.6 Å². The molecule has 1 fully saturated rings. The third kappa shape index (κ3) is 3.31. The van der Waals surface area contributed by atoms with E-state index in [0.29, 0.717) is 0 Å². The van der Waals surface area contributed by atoms with Crippen LogP contribution in [-0.4, -0.2) is 33.1 Å². The summed E-state index contributed by atoms with van der Waals surface area (Å²) in [6, 6.07) is 1.18. The van der Waals surface area contributed by atoms with Gasteiger partial charge in [-0.3, -0.25) is 14.6 Å². The number of H-pyrrole nitrogens is 2. The number of rotatable bonds is 4. The Bertz CT molecular complexity index is 541. The van der Waals surface area contributed by atoms with E-state index < -0.39 is 16.8 Å². The molecule has 0 atom stereocenters. The van der Waals surface area contributed by atoms with Gasteiger partial charge in [0, 0.05) is 11.8 Å². The lowest BCUT2D eigenvalue weighted by Crippen LogP contribution is -2.49. The first-order valence-corrected chi connectivity index (χ1v) is 6.27. The van der Waals surface area contributed by atoms with Gasteiger partial charge in [0.25, 0.3) is 5.56 Å². The van der Waals surface area contributed by atoms with Gasteiger partial charge in [-0.25, -0.2) is 4.79 Å². The highest BCUT2D eigenvalue weighted by atomic mass is 16.3. The first-order valence-electron chi connectivity index (χ1n) is 6.27. The van der Waals surface area contributed by atoms with Crippen molar-refractivity contribution in [3.8, 4) is 0 Å².